The Morgan fingerprint density at radius 1 is 0.654 bits per heavy atom. The summed E-state index contributed by atoms with van der Waals surface area (Å²) < 4.78 is 0. The van der Waals surface area contributed by atoms with Gasteiger partial charge in [0.15, 0.2) is 0 Å². The second-order valence-electron chi connectivity index (χ2n) is 5.49. The SMILES string of the molecule is CC(=O)NNC(C)=O.c1ccc2[nH]ccc2c1.c1ccc2[nH]ccc2c1. The average Bonchev–Trinajstić information content (AvgIpc) is 3.30. The fourth-order valence-corrected chi connectivity index (χ4v) is 2.17. The Balaban J connectivity index is 0.000000141. The monoisotopic (exact) mass is 350 g/mol. The van der Waals surface area contributed by atoms with Gasteiger partial charge in [-0.1, -0.05) is 36.4 Å². The van der Waals surface area contributed by atoms with Crippen LogP contribution >= 0.6 is 0 Å². The second kappa shape index (κ2) is 9.68. The van der Waals surface area contributed by atoms with E-state index in [1.54, 1.807) is 0 Å². The summed E-state index contributed by atoms with van der Waals surface area (Å²) in [4.78, 5) is 26.3. The number of H-pyrrole nitrogens is 2. The summed E-state index contributed by atoms with van der Waals surface area (Å²) in [5.74, 6) is -0.555. The van der Waals surface area contributed by atoms with Gasteiger partial charge in [-0.3, -0.25) is 20.4 Å². The highest BCUT2D eigenvalue weighted by atomic mass is 16.2. The van der Waals surface area contributed by atoms with Crippen molar-refractivity contribution in [2.75, 3.05) is 0 Å². The van der Waals surface area contributed by atoms with Crippen molar-refractivity contribution in [2.24, 2.45) is 0 Å². The van der Waals surface area contributed by atoms with E-state index in [4.69, 9.17) is 0 Å². The lowest BCUT2D eigenvalue weighted by Crippen LogP contribution is -2.38. The van der Waals surface area contributed by atoms with Crippen LogP contribution in [0.5, 0.6) is 0 Å². The fourth-order valence-electron chi connectivity index (χ4n) is 2.17. The predicted molar refractivity (Wildman–Crippen MR) is 104 cm³/mol. The van der Waals surface area contributed by atoms with E-state index in [-0.39, 0.29) is 11.8 Å². The van der Waals surface area contributed by atoms with Crippen molar-refractivity contribution in [1.82, 2.24) is 20.8 Å². The van der Waals surface area contributed by atoms with Crippen molar-refractivity contribution >= 4 is 33.6 Å². The second-order valence-corrected chi connectivity index (χ2v) is 5.49. The molecule has 2 aromatic heterocycles. The minimum absolute atomic E-state index is 0.278. The van der Waals surface area contributed by atoms with E-state index in [9.17, 15) is 9.59 Å². The van der Waals surface area contributed by atoms with Gasteiger partial charge in [0.1, 0.15) is 0 Å². The summed E-state index contributed by atoms with van der Waals surface area (Å²) in [5.41, 5.74) is 6.62. The minimum Gasteiger partial charge on any atom is -0.361 e. The number of hydrogen-bond acceptors (Lipinski definition) is 2. The van der Waals surface area contributed by atoms with E-state index in [2.05, 4.69) is 57.2 Å². The highest BCUT2D eigenvalue weighted by Gasteiger charge is 1.89. The van der Waals surface area contributed by atoms with Gasteiger partial charge in [-0.2, -0.15) is 0 Å². The molecule has 6 nitrogen and oxygen atoms in total. The van der Waals surface area contributed by atoms with Crippen molar-refractivity contribution in [1.29, 1.82) is 0 Å². The highest BCUT2D eigenvalue weighted by molar-refractivity contribution is 5.80. The molecule has 0 fully saturated rings. The van der Waals surface area contributed by atoms with Gasteiger partial charge in [0.05, 0.1) is 0 Å². The number of aromatic nitrogens is 2. The number of hydrogen-bond donors (Lipinski definition) is 4. The Hall–Kier alpha value is -3.54. The first kappa shape index (κ1) is 18.8. The first-order valence-electron chi connectivity index (χ1n) is 8.13. The highest BCUT2D eigenvalue weighted by Crippen LogP contribution is 2.09. The van der Waals surface area contributed by atoms with Crippen LogP contribution in [0.2, 0.25) is 0 Å². The van der Waals surface area contributed by atoms with Crippen molar-refractivity contribution in [3.63, 3.8) is 0 Å². The van der Waals surface area contributed by atoms with Crippen molar-refractivity contribution < 1.29 is 9.59 Å². The summed E-state index contributed by atoms with van der Waals surface area (Å²) in [6, 6.07) is 20.6. The van der Waals surface area contributed by atoms with Crippen LogP contribution in [0.1, 0.15) is 13.8 Å². The molecule has 0 aliphatic carbocycles. The lowest BCUT2D eigenvalue weighted by molar-refractivity contribution is -0.126. The first-order chi connectivity index (χ1) is 12.6. The van der Waals surface area contributed by atoms with Crippen molar-refractivity contribution in [2.45, 2.75) is 13.8 Å². The zero-order valence-corrected chi connectivity index (χ0v) is 14.7. The van der Waals surface area contributed by atoms with Crippen molar-refractivity contribution in [3.05, 3.63) is 73.1 Å². The molecule has 0 aliphatic heterocycles. The zero-order valence-electron chi connectivity index (χ0n) is 14.7. The molecule has 26 heavy (non-hydrogen) atoms. The number of carbonyl (C=O) groups excluding carboxylic acids is 2. The van der Waals surface area contributed by atoms with Crippen molar-refractivity contribution in [3.8, 4) is 0 Å². The third-order valence-electron chi connectivity index (χ3n) is 3.34. The summed E-state index contributed by atoms with van der Waals surface area (Å²) in [7, 11) is 0. The van der Waals surface area contributed by atoms with E-state index in [1.165, 1.54) is 35.7 Å². The van der Waals surface area contributed by atoms with Crippen LogP contribution in [-0.4, -0.2) is 21.8 Å². The molecule has 2 amide bonds. The molecule has 2 aromatic carbocycles. The van der Waals surface area contributed by atoms with E-state index in [0.717, 1.165) is 0 Å². The molecule has 2 heterocycles. The zero-order chi connectivity index (χ0) is 18.8. The maximum absolute atomic E-state index is 10.0. The molecule has 6 heteroatoms. The molecular formula is C20H22N4O2. The van der Waals surface area contributed by atoms with Gasteiger partial charge in [-0.05, 0) is 35.0 Å². The van der Waals surface area contributed by atoms with E-state index in [0.29, 0.717) is 0 Å². The normalized spacial score (nSPS) is 9.46. The Labute approximate surface area is 151 Å². The average molecular weight is 350 g/mol. The predicted octanol–water partition coefficient (Wildman–Crippen LogP) is 3.51. The molecule has 0 atom stereocenters. The van der Waals surface area contributed by atoms with Crippen LogP contribution < -0.4 is 10.9 Å². The maximum atomic E-state index is 10.0. The van der Waals surface area contributed by atoms with Gasteiger partial charge in [0, 0.05) is 37.3 Å². The molecule has 4 aromatic rings. The van der Waals surface area contributed by atoms with Gasteiger partial charge >= 0.3 is 0 Å². The summed E-state index contributed by atoms with van der Waals surface area (Å²) in [6.45, 7) is 2.63. The molecule has 4 rings (SSSR count). The Kier molecular flexibility index (Phi) is 7.00. The minimum atomic E-state index is -0.278. The van der Waals surface area contributed by atoms with Crippen LogP contribution in [0.4, 0.5) is 0 Å². The molecule has 0 spiro atoms. The number of aromatic amines is 2. The molecule has 0 unspecified atom stereocenters. The lowest BCUT2D eigenvalue weighted by atomic mass is 10.3. The Morgan fingerprint density at radius 2 is 1.04 bits per heavy atom. The van der Waals surface area contributed by atoms with Crippen LogP contribution in [0.15, 0.2) is 73.1 Å². The number of fused-ring (bicyclic) bond motifs is 2. The number of hydrazine groups is 1. The standard InChI is InChI=1S/2C8H7N.C4H8N2O2/c2*1-2-4-8-7(3-1)5-6-9-8;1-3(7)5-6-4(2)8/h2*1-6,9H;1-2H3,(H,5,7)(H,6,8). The molecular weight excluding hydrogens is 328 g/mol. The van der Waals surface area contributed by atoms with Gasteiger partial charge in [0.2, 0.25) is 11.8 Å². The number of rotatable bonds is 0. The summed E-state index contributed by atoms with van der Waals surface area (Å²) in [5, 5.41) is 2.55. The Morgan fingerprint density at radius 3 is 1.38 bits per heavy atom. The molecule has 0 aliphatic rings. The van der Waals surface area contributed by atoms with Crippen LogP contribution in [-0.2, 0) is 9.59 Å². The number of amides is 2. The van der Waals surface area contributed by atoms with Crippen LogP contribution in [0, 0.1) is 0 Å². The van der Waals surface area contributed by atoms with Crippen LogP contribution in [0.25, 0.3) is 21.8 Å². The summed E-state index contributed by atoms with van der Waals surface area (Å²) in [6.07, 6.45) is 3.90. The van der Waals surface area contributed by atoms with E-state index in [1.807, 2.05) is 36.7 Å². The topological polar surface area (TPSA) is 89.8 Å². The first-order valence-corrected chi connectivity index (χ1v) is 8.13. The molecule has 4 N–H and O–H groups in total. The smallest absolute Gasteiger partial charge is 0.235 e. The van der Waals surface area contributed by atoms with Crippen LogP contribution in [0.3, 0.4) is 0 Å². The molecule has 0 radical (unpaired) electrons. The molecule has 0 bridgehead atoms. The van der Waals surface area contributed by atoms with Gasteiger partial charge < -0.3 is 9.97 Å². The number of carbonyl (C=O) groups is 2. The molecule has 0 saturated carbocycles. The number of para-hydroxylation sites is 2. The summed E-state index contributed by atoms with van der Waals surface area (Å²) >= 11 is 0. The Bertz CT molecular complexity index is 831. The van der Waals surface area contributed by atoms with Gasteiger partial charge in [-0.25, -0.2) is 0 Å². The van der Waals surface area contributed by atoms with E-state index < -0.39 is 0 Å². The number of nitrogens with one attached hydrogen (secondary N) is 4. The third kappa shape index (κ3) is 6.16. The quantitative estimate of drug-likeness (QED) is 0.366. The molecule has 134 valence electrons. The third-order valence-corrected chi connectivity index (χ3v) is 3.34. The van der Waals surface area contributed by atoms with E-state index >= 15 is 0 Å². The van der Waals surface area contributed by atoms with Gasteiger partial charge in [-0.15, -0.1) is 0 Å². The lowest BCUT2D eigenvalue weighted by Gasteiger charge is -1.97. The molecule has 0 saturated heterocycles. The maximum Gasteiger partial charge on any atom is 0.235 e. The van der Waals surface area contributed by atoms with Gasteiger partial charge in [0.25, 0.3) is 0 Å². The largest absolute Gasteiger partial charge is 0.361 e. The number of benzene rings is 2. The fraction of sp³-hybridized carbons (Fsp3) is 0.100.